The second kappa shape index (κ2) is 7.53. The van der Waals surface area contributed by atoms with E-state index in [-0.39, 0.29) is 16.7 Å². The molecule has 1 fully saturated rings. The number of rotatable bonds is 4. The topological polar surface area (TPSA) is 99.7 Å². The molecule has 25 heavy (non-hydrogen) atoms. The van der Waals surface area contributed by atoms with Crippen LogP contribution in [0.1, 0.15) is 32.6 Å². The summed E-state index contributed by atoms with van der Waals surface area (Å²) in [4.78, 5) is 16.7. The van der Waals surface area contributed by atoms with Crippen LogP contribution in [0.25, 0.3) is 0 Å². The molecule has 3 N–H and O–H groups in total. The van der Waals surface area contributed by atoms with E-state index < -0.39 is 10.0 Å². The standard InChI is InChI=1S/C17H24N4O3S/c1-12-10-13(7-9-18-12)17(22)20-14-4-2-5-15(11-14)25(23,24)21-16-6-3-8-19-16/h2,4-5,11-13,18H,3,6-10H2,1H3,(H,19,21)(H,20,22)/t12-,13-/m0/s1. The molecule has 0 aliphatic carbocycles. The van der Waals surface area contributed by atoms with E-state index in [0.29, 0.717) is 30.5 Å². The third-order valence-electron chi connectivity index (χ3n) is 4.53. The highest BCUT2D eigenvalue weighted by Crippen LogP contribution is 2.21. The Morgan fingerprint density at radius 3 is 2.92 bits per heavy atom. The fourth-order valence-electron chi connectivity index (χ4n) is 3.19. The van der Waals surface area contributed by atoms with Gasteiger partial charge in [-0.05, 0) is 50.9 Å². The first-order valence-corrected chi connectivity index (χ1v) is 10.1. The Morgan fingerprint density at radius 2 is 2.20 bits per heavy atom. The van der Waals surface area contributed by atoms with Crippen LogP contribution in [0, 0.1) is 5.92 Å². The predicted octanol–water partition coefficient (Wildman–Crippen LogP) is 1.48. The number of nitrogens with zero attached hydrogens (tertiary/aromatic N) is 1. The minimum absolute atomic E-state index is 0.0533. The van der Waals surface area contributed by atoms with Crippen molar-refractivity contribution in [3.05, 3.63) is 24.3 Å². The molecule has 0 saturated carbocycles. The zero-order valence-corrected chi connectivity index (χ0v) is 15.1. The van der Waals surface area contributed by atoms with Gasteiger partial charge in [-0.15, -0.1) is 0 Å². The van der Waals surface area contributed by atoms with Crippen LogP contribution in [0.2, 0.25) is 0 Å². The van der Waals surface area contributed by atoms with Crippen molar-refractivity contribution >= 4 is 27.5 Å². The number of carbonyl (C=O) groups is 1. The van der Waals surface area contributed by atoms with Gasteiger partial charge in [-0.2, -0.15) is 0 Å². The Kier molecular flexibility index (Phi) is 5.39. The number of amidine groups is 1. The number of benzene rings is 1. The Bertz CT molecular complexity index is 776. The molecule has 1 amide bonds. The zero-order valence-electron chi connectivity index (χ0n) is 14.3. The van der Waals surface area contributed by atoms with Gasteiger partial charge in [-0.3, -0.25) is 14.5 Å². The largest absolute Gasteiger partial charge is 0.326 e. The Labute approximate surface area is 148 Å². The van der Waals surface area contributed by atoms with Crippen molar-refractivity contribution in [1.29, 1.82) is 0 Å². The maximum atomic E-state index is 12.5. The number of hydrogen-bond acceptors (Lipinski definition) is 5. The first-order valence-electron chi connectivity index (χ1n) is 8.64. The van der Waals surface area contributed by atoms with Gasteiger partial charge in [0, 0.05) is 30.6 Å². The Morgan fingerprint density at radius 1 is 1.36 bits per heavy atom. The van der Waals surface area contributed by atoms with Crippen LogP contribution in [-0.2, 0) is 14.8 Å². The summed E-state index contributed by atoms with van der Waals surface area (Å²) in [7, 11) is -3.68. The van der Waals surface area contributed by atoms with Gasteiger partial charge in [0.15, 0.2) is 0 Å². The van der Waals surface area contributed by atoms with E-state index in [9.17, 15) is 13.2 Å². The van der Waals surface area contributed by atoms with E-state index in [2.05, 4.69) is 27.3 Å². The highest BCUT2D eigenvalue weighted by atomic mass is 32.2. The van der Waals surface area contributed by atoms with E-state index in [4.69, 9.17) is 0 Å². The molecule has 1 aromatic rings. The molecule has 1 saturated heterocycles. The second-order valence-electron chi connectivity index (χ2n) is 6.63. The monoisotopic (exact) mass is 364 g/mol. The number of sulfonamides is 1. The third-order valence-corrected chi connectivity index (χ3v) is 5.91. The quantitative estimate of drug-likeness (QED) is 0.753. The average molecular weight is 364 g/mol. The van der Waals surface area contributed by atoms with E-state index in [0.717, 1.165) is 25.8 Å². The molecule has 0 unspecified atom stereocenters. The van der Waals surface area contributed by atoms with Gasteiger partial charge < -0.3 is 10.6 Å². The van der Waals surface area contributed by atoms with Crippen molar-refractivity contribution < 1.29 is 13.2 Å². The minimum atomic E-state index is -3.68. The lowest BCUT2D eigenvalue weighted by Gasteiger charge is -2.27. The second-order valence-corrected chi connectivity index (χ2v) is 8.31. The van der Waals surface area contributed by atoms with Crippen LogP contribution in [0.3, 0.4) is 0 Å². The van der Waals surface area contributed by atoms with Gasteiger partial charge in [0.05, 0.1) is 4.90 Å². The molecule has 2 aliphatic heterocycles. The third kappa shape index (κ3) is 4.58. The summed E-state index contributed by atoms with van der Waals surface area (Å²) >= 11 is 0. The van der Waals surface area contributed by atoms with Crippen molar-refractivity contribution in [2.45, 2.75) is 43.5 Å². The summed E-state index contributed by atoms with van der Waals surface area (Å²) in [6, 6.07) is 6.65. The highest BCUT2D eigenvalue weighted by molar-refractivity contribution is 7.90. The van der Waals surface area contributed by atoms with Crippen molar-refractivity contribution in [2.75, 3.05) is 18.4 Å². The molecular formula is C17H24N4O3S. The number of hydrogen-bond donors (Lipinski definition) is 3. The summed E-state index contributed by atoms with van der Waals surface area (Å²) in [5.74, 6) is 0.386. The summed E-state index contributed by atoms with van der Waals surface area (Å²) in [5.41, 5.74) is 0.493. The van der Waals surface area contributed by atoms with Gasteiger partial charge in [-0.1, -0.05) is 6.07 Å². The Hall–Kier alpha value is -1.93. The summed E-state index contributed by atoms with van der Waals surface area (Å²) < 4.78 is 27.4. The molecule has 3 rings (SSSR count). The molecule has 2 aliphatic rings. The number of nitrogens with one attached hydrogen (secondary N) is 3. The van der Waals surface area contributed by atoms with E-state index in [1.165, 1.54) is 12.1 Å². The van der Waals surface area contributed by atoms with Crippen LogP contribution in [0.5, 0.6) is 0 Å². The van der Waals surface area contributed by atoms with Crippen LogP contribution in [-0.4, -0.2) is 39.3 Å². The smallest absolute Gasteiger partial charge is 0.262 e. The molecule has 0 bridgehead atoms. The number of piperidine rings is 1. The molecule has 7 nitrogen and oxygen atoms in total. The number of amides is 1. The fourth-order valence-corrected chi connectivity index (χ4v) is 4.33. The average Bonchev–Trinajstić information content (AvgIpc) is 3.07. The molecule has 0 spiro atoms. The summed E-state index contributed by atoms with van der Waals surface area (Å²) in [6.45, 7) is 3.53. The number of aliphatic imine (C=N–C) groups is 1. The molecule has 1 aromatic carbocycles. The van der Waals surface area contributed by atoms with Gasteiger partial charge in [0.2, 0.25) is 5.91 Å². The maximum Gasteiger partial charge on any atom is 0.262 e. The molecule has 0 radical (unpaired) electrons. The van der Waals surface area contributed by atoms with Crippen molar-refractivity contribution in [2.24, 2.45) is 10.9 Å². The van der Waals surface area contributed by atoms with Gasteiger partial charge in [-0.25, -0.2) is 8.42 Å². The molecular weight excluding hydrogens is 340 g/mol. The molecule has 2 atom stereocenters. The minimum Gasteiger partial charge on any atom is -0.326 e. The maximum absolute atomic E-state index is 12.5. The number of anilines is 1. The normalized spacial score (nSPS) is 23.8. The van der Waals surface area contributed by atoms with Crippen molar-refractivity contribution in [3.8, 4) is 0 Å². The molecule has 8 heteroatoms. The first kappa shape index (κ1) is 17.9. The zero-order chi connectivity index (χ0) is 17.9. The molecule has 136 valence electrons. The van der Waals surface area contributed by atoms with Crippen LogP contribution < -0.4 is 15.4 Å². The van der Waals surface area contributed by atoms with Crippen LogP contribution >= 0.6 is 0 Å². The van der Waals surface area contributed by atoms with Gasteiger partial charge in [0.25, 0.3) is 10.0 Å². The van der Waals surface area contributed by atoms with E-state index in [1.807, 2.05) is 0 Å². The van der Waals surface area contributed by atoms with E-state index in [1.54, 1.807) is 12.1 Å². The lowest BCUT2D eigenvalue weighted by Crippen LogP contribution is -2.40. The summed E-state index contributed by atoms with van der Waals surface area (Å²) in [5, 5.41) is 6.16. The summed E-state index contributed by atoms with van der Waals surface area (Å²) in [6.07, 6.45) is 3.08. The fraction of sp³-hybridized carbons (Fsp3) is 0.529. The van der Waals surface area contributed by atoms with Crippen molar-refractivity contribution in [3.63, 3.8) is 0 Å². The SMILES string of the molecule is C[C@H]1C[C@@H](C(=O)Nc2cccc(S(=O)(=O)NC3=NCCC3)c2)CCN1. The van der Waals surface area contributed by atoms with Crippen molar-refractivity contribution in [1.82, 2.24) is 10.0 Å². The Balaban J connectivity index is 1.69. The first-order chi connectivity index (χ1) is 11.9. The lowest BCUT2D eigenvalue weighted by molar-refractivity contribution is -0.120. The number of carbonyl (C=O) groups excluding carboxylic acids is 1. The van der Waals surface area contributed by atoms with E-state index >= 15 is 0 Å². The van der Waals surface area contributed by atoms with Crippen LogP contribution in [0.4, 0.5) is 5.69 Å². The van der Waals surface area contributed by atoms with Gasteiger partial charge in [0.1, 0.15) is 5.84 Å². The van der Waals surface area contributed by atoms with Crippen LogP contribution in [0.15, 0.2) is 34.2 Å². The highest BCUT2D eigenvalue weighted by Gasteiger charge is 2.25. The molecule has 2 heterocycles. The van der Waals surface area contributed by atoms with Gasteiger partial charge >= 0.3 is 0 Å². The predicted molar refractivity (Wildman–Crippen MR) is 97.1 cm³/mol. The lowest BCUT2D eigenvalue weighted by atomic mass is 9.92. The molecule has 0 aromatic heterocycles.